The quantitative estimate of drug-likeness (QED) is 0.300. The lowest BCUT2D eigenvalue weighted by Gasteiger charge is -2.18. The number of thiophene rings is 1. The zero-order chi connectivity index (χ0) is 21.0. The third-order valence-corrected chi connectivity index (χ3v) is 7.00. The normalized spacial score (nSPS) is 11.0. The van der Waals surface area contributed by atoms with Gasteiger partial charge in [-0.25, -0.2) is 4.98 Å². The van der Waals surface area contributed by atoms with Crippen LogP contribution in [0.4, 0.5) is 0 Å². The van der Waals surface area contributed by atoms with E-state index in [9.17, 15) is 9.59 Å². The van der Waals surface area contributed by atoms with Crippen molar-refractivity contribution in [3.05, 3.63) is 58.9 Å². The van der Waals surface area contributed by atoms with Gasteiger partial charge in [0.05, 0.1) is 11.1 Å². The molecule has 0 aliphatic heterocycles. The van der Waals surface area contributed by atoms with Crippen LogP contribution < -0.4 is 5.56 Å². The first-order chi connectivity index (χ1) is 14.0. The summed E-state index contributed by atoms with van der Waals surface area (Å²) in [5, 5.41) is 1.21. The average molecular weight is 428 g/mol. The van der Waals surface area contributed by atoms with E-state index in [0.717, 1.165) is 16.0 Å². The monoisotopic (exact) mass is 427 g/mol. The molecule has 1 aromatic carbocycles. The highest BCUT2D eigenvalue weighted by molar-refractivity contribution is 7.99. The van der Waals surface area contributed by atoms with Crippen molar-refractivity contribution in [1.82, 2.24) is 14.5 Å². The Morgan fingerprint density at radius 2 is 1.97 bits per heavy atom. The lowest BCUT2D eigenvalue weighted by Crippen LogP contribution is -2.32. The number of carbonyl (C=O) groups excluding carboxylic acids is 1. The number of rotatable bonds is 8. The number of fused-ring (bicyclic) bond motifs is 1. The molecule has 5 nitrogen and oxygen atoms in total. The topological polar surface area (TPSA) is 55.2 Å². The van der Waals surface area contributed by atoms with Crippen molar-refractivity contribution in [3.8, 4) is 10.4 Å². The summed E-state index contributed by atoms with van der Waals surface area (Å²) in [6, 6.07) is 10.0. The highest BCUT2D eigenvalue weighted by Crippen LogP contribution is 2.36. The molecular weight excluding hydrogens is 402 g/mol. The maximum atomic E-state index is 13.3. The second-order valence-corrected chi connectivity index (χ2v) is 8.50. The molecule has 0 saturated heterocycles. The van der Waals surface area contributed by atoms with Gasteiger partial charge in [-0.3, -0.25) is 14.2 Å². The fourth-order valence-corrected chi connectivity index (χ4v) is 5.40. The van der Waals surface area contributed by atoms with Crippen molar-refractivity contribution < 1.29 is 4.79 Å². The molecule has 0 atom stereocenters. The Balaban J connectivity index is 2.06. The third-order valence-electron chi connectivity index (χ3n) is 4.80. The van der Waals surface area contributed by atoms with Crippen LogP contribution in [0.2, 0.25) is 0 Å². The molecule has 2 heterocycles. The van der Waals surface area contributed by atoms with Gasteiger partial charge in [0.1, 0.15) is 4.83 Å². The standard InChI is InChI=1S/C22H25N3O2S2/c1-5-13-25-21(27)18-15(4)19(16-11-9-8-10-12-16)29-20(18)23-22(25)28-14-17(26)24(6-2)7-3/h5,8-12H,1,6-7,13-14H2,2-4H3. The molecule has 0 N–H and O–H groups in total. The van der Waals surface area contributed by atoms with Crippen LogP contribution in [-0.4, -0.2) is 39.2 Å². The number of aromatic nitrogens is 2. The first-order valence-electron chi connectivity index (χ1n) is 9.62. The third kappa shape index (κ3) is 4.31. The minimum Gasteiger partial charge on any atom is -0.343 e. The Bertz CT molecular complexity index is 1080. The van der Waals surface area contributed by atoms with E-state index >= 15 is 0 Å². The van der Waals surface area contributed by atoms with Crippen LogP contribution in [0.1, 0.15) is 19.4 Å². The lowest BCUT2D eigenvalue weighted by atomic mass is 10.1. The Morgan fingerprint density at radius 3 is 2.59 bits per heavy atom. The summed E-state index contributed by atoms with van der Waals surface area (Å²) in [5.74, 6) is 0.305. The molecule has 152 valence electrons. The fourth-order valence-electron chi connectivity index (χ4n) is 3.26. The van der Waals surface area contributed by atoms with Gasteiger partial charge in [-0.15, -0.1) is 17.9 Å². The molecule has 29 heavy (non-hydrogen) atoms. The van der Waals surface area contributed by atoms with Crippen LogP contribution in [0.15, 0.2) is 52.9 Å². The summed E-state index contributed by atoms with van der Waals surface area (Å²) < 4.78 is 1.62. The van der Waals surface area contributed by atoms with Crippen LogP contribution in [0, 0.1) is 6.92 Å². The fraction of sp³-hybridized carbons (Fsp3) is 0.318. The molecule has 0 radical (unpaired) electrons. The molecular formula is C22H25N3O2S2. The summed E-state index contributed by atoms with van der Waals surface area (Å²) in [6.07, 6.45) is 1.69. The number of carbonyl (C=O) groups is 1. The smallest absolute Gasteiger partial charge is 0.263 e. The zero-order valence-corrected chi connectivity index (χ0v) is 18.6. The lowest BCUT2D eigenvalue weighted by molar-refractivity contribution is -0.127. The van der Waals surface area contributed by atoms with Gasteiger partial charge in [-0.05, 0) is 31.9 Å². The second kappa shape index (κ2) is 9.41. The number of hydrogen-bond acceptors (Lipinski definition) is 5. The number of nitrogens with zero attached hydrogens (tertiary/aromatic N) is 3. The first-order valence-corrected chi connectivity index (χ1v) is 11.4. The molecule has 3 rings (SSSR count). The van der Waals surface area contributed by atoms with Crippen LogP contribution in [0.5, 0.6) is 0 Å². The van der Waals surface area contributed by atoms with Gasteiger partial charge in [0.2, 0.25) is 5.91 Å². The van der Waals surface area contributed by atoms with Crippen molar-refractivity contribution in [1.29, 1.82) is 0 Å². The van der Waals surface area contributed by atoms with Crippen molar-refractivity contribution >= 4 is 39.2 Å². The number of hydrogen-bond donors (Lipinski definition) is 0. The van der Waals surface area contributed by atoms with Gasteiger partial charge in [0, 0.05) is 24.5 Å². The molecule has 0 unspecified atom stereocenters. The Morgan fingerprint density at radius 1 is 1.28 bits per heavy atom. The van der Waals surface area contributed by atoms with E-state index in [4.69, 9.17) is 4.98 Å². The van der Waals surface area contributed by atoms with E-state index < -0.39 is 0 Å². The maximum absolute atomic E-state index is 13.3. The molecule has 0 bridgehead atoms. The van der Waals surface area contributed by atoms with E-state index in [-0.39, 0.29) is 17.2 Å². The number of allylic oxidation sites excluding steroid dienone is 1. The number of benzene rings is 1. The molecule has 1 amide bonds. The molecule has 3 aromatic rings. The molecule has 0 saturated carbocycles. The molecule has 0 fully saturated rings. The van der Waals surface area contributed by atoms with E-state index in [1.165, 1.54) is 23.1 Å². The summed E-state index contributed by atoms with van der Waals surface area (Å²) in [4.78, 5) is 34.0. The average Bonchev–Trinajstić information content (AvgIpc) is 3.07. The van der Waals surface area contributed by atoms with Gasteiger partial charge in [-0.2, -0.15) is 0 Å². The van der Waals surface area contributed by atoms with E-state index in [1.54, 1.807) is 15.5 Å². The van der Waals surface area contributed by atoms with Gasteiger partial charge >= 0.3 is 0 Å². The maximum Gasteiger partial charge on any atom is 0.263 e. The van der Waals surface area contributed by atoms with Gasteiger partial charge in [0.15, 0.2) is 5.16 Å². The highest BCUT2D eigenvalue weighted by Gasteiger charge is 2.20. The highest BCUT2D eigenvalue weighted by atomic mass is 32.2. The molecule has 0 aliphatic carbocycles. The van der Waals surface area contributed by atoms with Gasteiger partial charge < -0.3 is 4.90 Å². The van der Waals surface area contributed by atoms with Crippen molar-refractivity contribution in [2.75, 3.05) is 18.8 Å². The van der Waals surface area contributed by atoms with Crippen molar-refractivity contribution in [2.24, 2.45) is 0 Å². The van der Waals surface area contributed by atoms with Gasteiger partial charge in [0.25, 0.3) is 5.56 Å². The Kier molecular flexibility index (Phi) is 6.92. The number of amides is 1. The largest absolute Gasteiger partial charge is 0.343 e. The van der Waals surface area contributed by atoms with Gasteiger partial charge in [-0.1, -0.05) is 48.2 Å². The number of aryl methyl sites for hydroxylation is 1. The summed E-state index contributed by atoms with van der Waals surface area (Å²) in [7, 11) is 0. The van der Waals surface area contributed by atoms with Crippen molar-refractivity contribution in [3.63, 3.8) is 0 Å². The summed E-state index contributed by atoms with van der Waals surface area (Å²) in [6.45, 7) is 11.4. The second-order valence-electron chi connectivity index (χ2n) is 6.56. The van der Waals surface area contributed by atoms with E-state index in [1.807, 2.05) is 51.1 Å². The Hall–Kier alpha value is -2.38. The van der Waals surface area contributed by atoms with Crippen LogP contribution in [-0.2, 0) is 11.3 Å². The summed E-state index contributed by atoms with van der Waals surface area (Å²) in [5.41, 5.74) is 1.94. The predicted octanol–water partition coefficient (Wildman–Crippen LogP) is 4.58. The first kappa shape index (κ1) is 21.3. The molecule has 7 heteroatoms. The minimum absolute atomic E-state index is 0.0480. The minimum atomic E-state index is -0.0800. The predicted molar refractivity (Wildman–Crippen MR) is 123 cm³/mol. The van der Waals surface area contributed by atoms with E-state index in [0.29, 0.717) is 35.0 Å². The molecule has 2 aromatic heterocycles. The zero-order valence-electron chi connectivity index (χ0n) is 17.0. The van der Waals surface area contributed by atoms with Crippen molar-refractivity contribution in [2.45, 2.75) is 32.5 Å². The van der Waals surface area contributed by atoms with Crippen LogP contribution in [0.25, 0.3) is 20.7 Å². The summed E-state index contributed by atoms with van der Waals surface area (Å²) >= 11 is 2.84. The van der Waals surface area contributed by atoms with Crippen LogP contribution in [0.3, 0.4) is 0 Å². The number of thioether (sulfide) groups is 1. The molecule has 0 aliphatic rings. The Labute approximate surface area is 179 Å². The van der Waals surface area contributed by atoms with E-state index in [2.05, 4.69) is 6.58 Å². The van der Waals surface area contributed by atoms with Crippen LogP contribution >= 0.6 is 23.1 Å². The SMILES string of the molecule is C=CCn1c(SCC(=O)N(CC)CC)nc2sc(-c3ccccc3)c(C)c2c1=O. The molecule has 0 spiro atoms.